The Hall–Kier alpha value is -3.81. The van der Waals surface area contributed by atoms with Gasteiger partial charge in [0.05, 0.1) is 12.3 Å². The van der Waals surface area contributed by atoms with E-state index in [0.29, 0.717) is 23.7 Å². The van der Waals surface area contributed by atoms with E-state index in [1.54, 1.807) is 12.1 Å². The van der Waals surface area contributed by atoms with Gasteiger partial charge in [-0.15, -0.1) is 0 Å². The van der Waals surface area contributed by atoms with Gasteiger partial charge in [0.25, 0.3) is 5.91 Å². The van der Waals surface area contributed by atoms with Crippen LogP contribution in [0.25, 0.3) is 0 Å². The molecule has 1 aromatic heterocycles. The standard InChI is InChI=1S/C20H22N6O2/c1-3-28-16-7-5-4-6-15(16)24-18-17(21)19(23-12-22-18)25-26-20(27)14-10-8-13(2)9-11-14/h4-12H,3,21H2,1-2H3,(H,26,27)(H2,22,23,24,25). The maximum absolute atomic E-state index is 12.2. The van der Waals surface area contributed by atoms with E-state index in [2.05, 4.69) is 26.1 Å². The van der Waals surface area contributed by atoms with Crippen LogP contribution in [-0.4, -0.2) is 22.5 Å². The molecule has 2 aromatic carbocycles. The van der Waals surface area contributed by atoms with Crippen LogP contribution in [-0.2, 0) is 0 Å². The summed E-state index contributed by atoms with van der Waals surface area (Å²) in [7, 11) is 0. The van der Waals surface area contributed by atoms with Gasteiger partial charge in [0.1, 0.15) is 17.8 Å². The summed E-state index contributed by atoms with van der Waals surface area (Å²) in [5, 5.41) is 3.14. The van der Waals surface area contributed by atoms with E-state index >= 15 is 0 Å². The number of para-hydroxylation sites is 2. The number of aromatic nitrogens is 2. The Balaban J connectivity index is 1.72. The number of amides is 1. The van der Waals surface area contributed by atoms with Crippen molar-refractivity contribution < 1.29 is 9.53 Å². The third kappa shape index (κ3) is 4.47. The molecule has 0 aliphatic heterocycles. The van der Waals surface area contributed by atoms with Gasteiger partial charge in [-0.1, -0.05) is 29.8 Å². The van der Waals surface area contributed by atoms with E-state index in [4.69, 9.17) is 10.5 Å². The highest BCUT2D eigenvalue weighted by Gasteiger charge is 2.12. The Morgan fingerprint density at radius 1 is 1.07 bits per heavy atom. The number of nitrogens with two attached hydrogens (primary N) is 1. The van der Waals surface area contributed by atoms with E-state index in [1.807, 2.05) is 50.2 Å². The molecule has 0 saturated carbocycles. The summed E-state index contributed by atoms with van der Waals surface area (Å²) in [5.41, 5.74) is 14.1. The minimum Gasteiger partial charge on any atom is -0.492 e. The van der Waals surface area contributed by atoms with Gasteiger partial charge in [-0.05, 0) is 38.1 Å². The molecule has 28 heavy (non-hydrogen) atoms. The summed E-state index contributed by atoms with van der Waals surface area (Å²) < 4.78 is 5.60. The summed E-state index contributed by atoms with van der Waals surface area (Å²) in [6.07, 6.45) is 1.35. The van der Waals surface area contributed by atoms with Crippen molar-refractivity contribution in [2.24, 2.45) is 0 Å². The minimum atomic E-state index is -0.297. The first-order valence-corrected chi connectivity index (χ1v) is 8.81. The van der Waals surface area contributed by atoms with Crippen LogP contribution in [0, 0.1) is 6.92 Å². The molecule has 0 radical (unpaired) electrons. The molecule has 144 valence electrons. The Labute approximate surface area is 163 Å². The smallest absolute Gasteiger partial charge is 0.269 e. The minimum absolute atomic E-state index is 0.262. The lowest BCUT2D eigenvalue weighted by Crippen LogP contribution is -2.30. The Bertz CT molecular complexity index is 959. The molecule has 0 aliphatic carbocycles. The highest BCUT2D eigenvalue weighted by atomic mass is 16.5. The average Bonchev–Trinajstić information content (AvgIpc) is 2.70. The van der Waals surface area contributed by atoms with E-state index in [0.717, 1.165) is 11.3 Å². The zero-order chi connectivity index (χ0) is 19.9. The van der Waals surface area contributed by atoms with Crippen molar-refractivity contribution in [1.29, 1.82) is 0 Å². The fourth-order valence-electron chi connectivity index (χ4n) is 2.47. The van der Waals surface area contributed by atoms with Crippen molar-refractivity contribution in [3.63, 3.8) is 0 Å². The SMILES string of the molecule is CCOc1ccccc1Nc1ncnc(NNC(=O)c2ccc(C)cc2)c1N. The second-order valence-corrected chi connectivity index (χ2v) is 5.98. The second kappa shape index (κ2) is 8.72. The maximum Gasteiger partial charge on any atom is 0.269 e. The lowest BCUT2D eigenvalue weighted by Gasteiger charge is -2.15. The number of benzene rings is 2. The van der Waals surface area contributed by atoms with Gasteiger partial charge in [0, 0.05) is 5.56 Å². The average molecular weight is 378 g/mol. The monoisotopic (exact) mass is 378 g/mol. The van der Waals surface area contributed by atoms with Crippen LogP contribution >= 0.6 is 0 Å². The number of nitrogens with one attached hydrogen (secondary N) is 3. The van der Waals surface area contributed by atoms with Gasteiger partial charge in [-0.3, -0.25) is 15.6 Å². The fourth-order valence-corrected chi connectivity index (χ4v) is 2.47. The molecule has 1 amide bonds. The van der Waals surface area contributed by atoms with Crippen LogP contribution in [0.15, 0.2) is 54.9 Å². The van der Waals surface area contributed by atoms with Crippen molar-refractivity contribution in [2.75, 3.05) is 23.1 Å². The van der Waals surface area contributed by atoms with E-state index < -0.39 is 0 Å². The molecule has 0 fully saturated rings. The molecule has 0 unspecified atom stereocenters. The van der Waals surface area contributed by atoms with Crippen LogP contribution < -0.4 is 26.6 Å². The molecule has 3 rings (SSSR count). The van der Waals surface area contributed by atoms with E-state index in [9.17, 15) is 4.79 Å². The first-order chi connectivity index (χ1) is 13.6. The lowest BCUT2D eigenvalue weighted by atomic mass is 10.1. The number of aryl methyl sites for hydroxylation is 1. The van der Waals surface area contributed by atoms with Gasteiger partial charge < -0.3 is 15.8 Å². The van der Waals surface area contributed by atoms with Gasteiger partial charge in [0.15, 0.2) is 11.6 Å². The summed E-state index contributed by atoms with van der Waals surface area (Å²) >= 11 is 0. The lowest BCUT2D eigenvalue weighted by molar-refractivity contribution is 0.0962. The van der Waals surface area contributed by atoms with Gasteiger partial charge in [-0.2, -0.15) is 0 Å². The zero-order valence-corrected chi connectivity index (χ0v) is 15.7. The van der Waals surface area contributed by atoms with Crippen LogP contribution in [0.5, 0.6) is 5.75 Å². The van der Waals surface area contributed by atoms with Gasteiger partial charge in [0.2, 0.25) is 0 Å². The van der Waals surface area contributed by atoms with Crippen molar-refractivity contribution in [3.8, 4) is 5.75 Å². The van der Waals surface area contributed by atoms with E-state index in [-0.39, 0.29) is 17.4 Å². The molecular formula is C20H22N6O2. The number of hydrogen-bond acceptors (Lipinski definition) is 7. The molecule has 0 saturated heterocycles. The predicted molar refractivity (Wildman–Crippen MR) is 110 cm³/mol. The van der Waals surface area contributed by atoms with Crippen molar-refractivity contribution in [3.05, 3.63) is 66.0 Å². The zero-order valence-electron chi connectivity index (χ0n) is 15.7. The molecule has 0 spiro atoms. The molecule has 0 atom stereocenters. The van der Waals surface area contributed by atoms with Gasteiger partial charge in [-0.25, -0.2) is 9.97 Å². The van der Waals surface area contributed by atoms with Crippen molar-refractivity contribution in [2.45, 2.75) is 13.8 Å². The highest BCUT2D eigenvalue weighted by Crippen LogP contribution is 2.30. The number of anilines is 4. The predicted octanol–water partition coefficient (Wildman–Crippen LogP) is 3.27. The number of hydrogen-bond donors (Lipinski definition) is 4. The summed E-state index contributed by atoms with van der Waals surface area (Å²) in [4.78, 5) is 20.5. The topological polar surface area (TPSA) is 114 Å². The second-order valence-electron chi connectivity index (χ2n) is 5.98. The van der Waals surface area contributed by atoms with Crippen LogP contribution in [0.2, 0.25) is 0 Å². The number of carbonyl (C=O) groups excluding carboxylic acids is 1. The number of nitrogen functional groups attached to an aromatic ring is 1. The third-order valence-electron chi connectivity index (χ3n) is 3.93. The molecule has 8 nitrogen and oxygen atoms in total. The molecule has 8 heteroatoms. The normalized spacial score (nSPS) is 10.2. The van der Waals surface area contributed by atoms with E-state index in [1.165, 1.54) is 6.33 Å². The molecule has 3 aromatic rings. The molecule has 5 N–H and O–H groups in total. The summed E-state index contributed by atoms with van der Waals surface area (Å²) in [6, 6.07) is 14.7. The summed E-state index contributed by atoms with van der Waals surface area (Å²) in [6.45, 7) is 4.41. The molecule has 0 bridgehead atoms. The molecule has 0 aliphatic rings. The first kappa shape index (κ1) is 19.0. The largest absolute Gasteiger partial charge is 0.492 e. The van der Waals surface area contributed by atoms with Crippen molar-refractivity contribution in [1.82, 2.24) is 15.4 Å². The number of rotatable bonds is 7. The number of carbonyl (C=O) groups is 1. The quantitative estimate of drug-likeness (QED) is 0.467. The van der Waals surface area contributed by atoms with Crippen LogP contribution in [0.3, 0.4) is 0 Å². The van der Waals surface area contributed by atoms with Crippen molar-refractivity contribution >= 4 is 28.9 Å². The number of nitrogens with zero attached hydrogens (tertiary/aromatic N) is 2. The fraction of sp³-hybridized carbons (Fsp3) is 0.150. The van der Waals surface area contributed by atoms with Gasteiger partial charge >= 0.3 is 0 Å². The number of hydrazine groups is 1. The van der Waals surface area contributed by atoms with Crippen LogP contribution in [0.4, 0.5) is 23.0 Å². The third-order valence-corrected chi connectivity index (χ3v) is 3.93. The summed E-state index contributed by atoms with van der Waals surface area (Å²) in [5.74, 6) is 1.07. The van der Waals surface area contributed by atoms with Crippen LogP contribution in [0.1, 0.15) is 22.8 Å². The Kier molecular flexibility index (Phi) is 5.91. The molecule has 1 heterocycles. The molecular weight excluding hydrogens is 356 g/mol. The highest BCUT2D eigenvalue weighted by molar-refractivity contribution is 5.95. The Morgan fingerprint density at radius 3 is 2.54 bits per heavy atom. The maximum atomic E-state index is 12.2. The Morgan fingerprint density at radius 2 is 1.79 bits per heavy atom. The first-order valence-electron chi connectivity index (χ1n) is 8.81. The number of ether oxygens (including phenoxy) is 1.